The lowest BCUT2D eigenvalue weighted by molar-refractivity contribution is -0.118. The Labute approximate surface area is 152 Å². The first-order valence-corrected chi connectivity index (χ1v) is 13.1. The van der Waals surface area contributed by atoms with E-state index in [0.29, 0.717) is 24.2 Å². The molecule has 7 atom stereocenters. The minimum absolute atomic E-state index is 0.0267. The average molecular weight is 365 g/mol. The SMILES string of the molecule is C[C@]12CC[C@H]3[C@@H]([C@H]([Si](C)(C)F)CC4=CC(=O)CC[C@@]43C)[C@@H]1CC[C@@H]2O. The number of carbonyl (C=O) groups excluding carboxylic acids is 1. The smallest absolute Gasteiger partial charge is 0.244 e. The molecule has 4 aliphatic rings. The van der Waals surface area contributed by atoms with Crippen LogP contribution in [0.1, 0.15) is 58.8 Å². The summed E-state index contributed by atoms with van der Waals surface area (Å²) in [7, 11) is -2.84. The van der Waals surface area contributed by atoms with Crippen LogP contribution in [0.2, 0.25) is 18.6 Å². The summed E-state index contributed by atoms with van der Waals surface area (Å²) < 4.78 is 15.5. The molecule has 3 saturated carbocycles. The van der Waals surface area contributed by atoms with Crippen LogP contribution in [-0.4, -0.2) is 25.4 Å². The quantitative estimate of drug-likeness (QED) is 0.523. The number of aliphatic hydroxyl groups excluding tert-OH is 1. The summed E-state index contributed by atoms with van der Waals surface area (Å²) in [5, 5.41) is 10.7. The minimum atomic E-state index is -2.84. The summed E-state index contributed by atoms with van der Waals surface area (Å²) in [4.78, 5) is 12.1. The van der Waals surface area contributed by atoms with Gasteiger partial charge in [-0.05, 0) is 91.8 Å². The van der Waals surface area contributed by atoms with Crippen molar-refractivity contribution in [2.45, 2.75) is 83.5 Å². The van der Waals surface area contributed by atoms with Crippen LogP contribution in [0.5, 0.6) is 0 Å². The number of ketones is 1. The molecule has 0 saturated heterocycles. The van der Waals surface area contributed by atoms with Crippen LogP contribution in [0.25, 0.3) is 0 Å². The van der Waals surface area contributed by atoms with Gasteiger partial charge in [-0.25, -0.2) is 0 Å². The van der Waals surface area contributed by atoms with Crippen molar-refractivity contribution < 1.29 is 14.0 Å². The lowest BCUT2D eigenvalue weighted by Crippen LogP contribution is -2.56. The van der Waals surface area contributed by atoms with Crippen LogP contribution in [-0.2, 0) is 4.79 Å². The van der Waals surface area contributed by atoms with Crippen molar-refractivity contribution in [1.29, 1.82) is 0 Å². The number of allylic oxidation sites excluding steroid dienone is 1. The maximum atomic E-state index is 15.5. The van der Waals surface area contributed by atoms with Gasteiger partial charge in [0, 0.05) is 6.42 Å². The summed E-state index contributed by atoms with van der Waals surface area (Å²) in [6, 6.07) is 0. The summed E-state index contributed by atoms with van der Waals surface area (Å²) in [5.41, 5.74) is 1.39. The monoisotopic (exact) mass is 364 g/mol. The van der Waals surface area contributed by atoms with E-state index in [2.05, 4.69) is 13.8 Å². The van der Waals surface area contributed by atoms with Crippen molar-refractivity contribution in [3.63, 3.8) is 0 Å². The van der Waals surface area contributed by atoms with Crippen LogP contribution in [0.4, 0.5) is 4.11 Å². The van der Waals surface area contributed by atoms with Crippen molar-refractivity contribution in [2.24, 2.45) is 28.6 Å². The molecule has 25 heavy (non-hydrogen) atoms. The van der Waals surface area contributed by atoms with Gasteiger partial charge in [-0.1, -0.05) is 19.4 Å². The fourth-order valence-corrected chi connectivity index (χ4v) is 9.32. The predicted molar refractivity (Wildman–Crippen MR) is 100 cm³/mol. The highest BCUT2D eigenvalue weighted by atomic mass is 28.4. The predicted octanol–water partition coefficient (Wildman–Crippen LogP) is 5.03. The van der Waals surface area contributed by atoms with E-state index in [0.717, 1.165) is 38.5 Å². The number of aliphatic hydroxyl groups is 1. The molecule has 3 fully saturated rings. The summed E-state index contributed by atoms with van der Waals surface area (Å²) in [6.07, 6.45) is 8.08. The summed E-state index contributed by atoms with van der Waals surface area (Å²) >= 11 is 0. The van der Waals surface area contributed by atoms with Crippen LogP contribution in [0.15, 0.2) is 11.6 Å². The topological polar surface area (TPSA) is 37.3 Å². The van der Waals surface area contributed by atoms with Crippen LogP contribution in [0, 0.1) is 28.6 Å². The largest absolute Gasteiger partial charge is 0.393 e. The van der Waals surface area contributed by atoms with Gasteiger partial charge in [-0.3, -0.25) is 4.79 Å². The highest BCUT2D eigenvalue weighted by Gasteiger charge is 2.63. The first-order valence-electron chi connectivity index (χ1n) is 10.2. The molecule has 0 aliphatic heterocycles. The van der Waals surface area contributed by atoms with Gasteiger partial charge in [-0.2, -0.15) is 0 Å². The Balaban J connectivity index is 1.81. The maximum Gasteiger partial charge on any atom is 0.244 e. The number of halogens is 1. The molecule has 0 aromatic heterocycles. The second kappa shape index (κ2) is 5.51. The number of rotatable bonds is 1. The van der Waals surface area contributed by atoms with E-state index in [4.69, 9.17) is 0 Å². The molecule has 0 spiro atoms. The van der Waals surface area contributed by atoms with E-state index >= 15 is 4.11 Å². The van der Waals surface area contributed by atoms with Gasteiger partial charge < -0.3 is 9.21 Å². The Kier molecular flexibility index (Phi) is 3.95. The molecular weight excluding hydrogens is 331 g/mol. The van der Waals surface area contributed by atoms with Crippen molar-refractivity contribution in [3.05, 3.63) is 11.6 Å². The molecule has 140 valence electrons. The highest BCUT2D eigenvalue weighted by Crippen LogP contribution is 2.69. The van der Waals surface area contributed by atoms with Crippen molar-refractivity contribution in [3.8, 4) is 0 Å². The van der Waals surface area contributed by atoms with Gasteiger partial charge in [0.1, 0.15) is 0 Å². The molecule has 4 rings (SSSR count). The molecule has 1 N–H and O–H groups in total. The third-order valence-electron chi connectivity index (χ3n) is 8.85. The Hall–Kier alpha value is -0.483. The molecule has 0 aromatic rings. The third-order valence-corrected chi connectivity index (χ3v) is 11.2. The van der Waals surface area contributed by atoms with E-state index in [1.165, 1.54) is 5.57 Å². The molecular formula is C21H33FO2Si. The van der Waals surface area contributed by atoms with E-state index < -0.39 is 8.41 Å². The Morgan fingerprint density at radius 3 is 2.56 bits per heavy atom. The number of hydrogen-bond donors (Lipinski definition) is 1. The van der Waals surface area contributed by atoms with Crippen LogP contribution in [0.3, 0.4) is 0 Å². The van der Waals surface area contributed by atoms with Crippen molar-refractivity contribution in [1.82, 2.24) is 0 Å². The van der Waals surface area contributed by atoms with E-state index in [1.54, 1.807) is 0 Å². The molecule has 0 amide bonds. The lowest BCUT2D eigenvalue weighted by atomic mass is 9.47. The molecule has 0 aromatic carbocycles. The van der Waals surface area contributed by atoms with Crippen LogP contribution < -0.4 is 0 Å². The van der Waals surface area contributed by atoms with E-state index in [1.807, 2.05) is 19.2 Å². The molecule has 2 nitrogen and oxygen atoms in total. The zero-order valence-corrected chi connectivity index (χ0v) is 17.1. The molecule has 4 heteroatoms. The normalized spacial score (nSPS) is 49.9. The number of fused-ring (bicyclic) bond motifs is 5. The zero-order chi connectivity index (χ0) is 18.2. The van der Waals surface area contributed by atoms with Gasteiger partial charge >= 0.3 is 0 Å². The highest BCUT2D eigenvalue weighted by molar-refractivity contribution is 6.72. The van der Waals surface area contributed by atoms with Gasteiger partial charge in [0.15, 0.2) is 5.78 Å². The molecule has 0 unspecified atom stereocenters. The van der Waals surface area contributed by atoms with Gasteiger partial charge in [0.2, 0.25) is 8.41 Å². The van der Waals surface area contributed by atoms with Gasteiger partial charge in [0.05, 0.1) is 6.10 Å². The fraction of sp³-hybridized carbons (Fsp3) is 0.857. The number of hydrogen-bond acceptors (Lipinski definition) is 2. The van der Waals surface area contributed by atoms with E-state index in [-0.39, 0.29) is 28.3 Å². The molecule has 0 heterocycles. The first-order chi connectivity index (χ1) is 11.6. The Morgan fingerprint density at radius 2 is 1.88 bits per heavy atom. The van der Waals surface area contributed by atoms with Crippen LogP contribution >= 0.6 is 0 Å². The van der Waals surface area contributed by atoms with Crippen molar-refractivity contribution in [2.75, 3.05) is 0 Å². The zero-order valence-electron chi connectivity index (χ0n) is 16.1. The average Bonchev–Trinajstić information content (AvgIpc) is 2.82. The van der Waals surface area contributed by atoms with E-state index in [9.17, 15) is 9.90 Å². The lowest BCUT2D eigenvalue weighted by Gasteiger charge is -2.61. The second-order valence-electron chi connectivity index (χ2n) is 10.4. The summed E-state index contributed by atoms with van der Waals surface area (Å²) in [6.45, 7) is 8.33. The Bertz CT molecular complexity index is 624. The fourth-order valence-electron chi connectivity index (χ4n) is 7.24. The number of carbonyl (C=O) groups is 1. The second-order valence-corrected chi connectivity index (χ2v) is 14.2. The maximum absolute atomic E-state index is 15.5. The third kappa shape index (κ3) is 2.46. The van der Waals surface area contributed by atoms with Gasteiger partial charge in [0.25, 0.3) is 0 Å². The molecule has 0 bridgehead atoms. The first kappa shape index (κ1) is 17.9. The molecule has 0 radical (unpaired) electrons. The van der Waals surface area contributed by atoms with Gasteiger partial charge in [-0.15, -0.1) is 0 Å². The standard InChI is InChI=1S/C21H33FO2Si/c1-20-9-7-14(23)11-13(20)12-17(25(3,4)22)19-15-5-6-18(24)21(15,2)10-8-16(19)20/h11,15-19,24H,5-10,12H2,1-4H3/t15-,16-,17+,18-,19-,20-,21-/m0/s1. The summed E-state index contributed by atoms with van der Waals surface area (Å²) in [5.74, 6) is 1.55. The molecule has 4 aliphatic carbocycles. The minimum Gasteiger partial charge on any atom is -0.393 e. The van der Waals surface area contributed by atoms with Crippen molar-refractivity contribution >= 4 is 14.2 Å². The Morgan fingerprint density at radius 1 is 1.16 bits per heavy atom.